The fourth-order valence-corrected chi connectivity index (χ4v) is 2.71. The topological polar surface area (TPSA) is 29.5 Å². The zero-order chi connectivity index (χ0) is 15.8. The standard InChI is InChI=1S/C17H18ClNO2S/c1-19(11-12-21-15-9-7-14(18)8-10-15)17(20)13-22-16-5-3-2-4-6-16/h2-10H,11-13H2,1H3. The Kier molecular flexibility index (Phi) is 6.62. The Hall–Kier alpha value is -1.65. The summed E-state index contributed by atoms with van der Waals surface area (Å²) < 4.78 is 5.59. The molecule has 0 bridgehead atoms. The van der Waals surface area contributed by atoms with Gasteiger partial charge in [0.1, 0.15) is 12.4 Å². The second-order valence-corrected chi connectivity index (χ2v) is 6.20. The highest BCUT2D eigenvalue weighted by molar-refractivity contribution is 8.00. The van der Waals surface area contributed by atoms with Gasteiger partial charge in [-0.05, 0) is 36.4 Å². The molecule has 0 spiro atoms. The maximum absolute atomic E-state index is 12.0. The number of hydrogen-bond acceptors (Lipinski definition) is 3. The molecule has 2 rings (SSSR count). The zero-order valence-electron chi connectivity index (χ0n) is 12.4. The van der Waals surface area contributed by atoms with Crippen LogP contribution in [0.5, 0.6) is 5.75 Å². The zero-order valence-corrected chi connectivity index (χ0v) is 13.9. The number of hydrogen-bond donors (Lipinski definition) is 0. The van der Waals surface area contributed by atoms with Gasteiger partial charge in [-0.1, -0.05) is 29.8 Å². The van der Waals surface area contributed by atoms with Crippen LogP contribution < -0.4 is 4.74 Å². The molecule has 0 N–H and O–H groups in total. The molecule has 0 aromatic heterocycles. The molecule has 3 nitrogen and oxygen atoms in total. The lowest BCUT2D eigenvalue weighted by molar-refractivity contribution is -0.127. The summed E-state index contributed by atoms with van der Waals surface area (Å²) in [5, 5.41) is 0.678. The van der Waals surface area contributed by atoms with Crippen LogP contribution in [0.2, 0.25) is 5.02 Å². The number of benzene rings is 2. The van der Waals surface area contributed by atoms with E-state index in [1.807, 2.05) is 42.5 Å². The predicted molar refractivity (Wildman–Crippen MR) is 91.8 cm³/mol. The smallest absolute Gasteiger partial charge is 0.232 e. The quantitative estimate of drug-likeness (QED) is 0.717. The molecule has 1 amide bonds. The van der Waals surface area contributed by atoms with Crippen LogP contribution in [0.3, 0.4) is 0 Å². The molecule has 0 heterocycles. The van der Waals surface area contributed by atoms with Crippen molar-refractivity contribution < 1.29 is 9.53 Å². The lowest BCUT2D eigenvalue weighted by Crippen LogP contribution is -2.32. The summed E-state index contributed by atoms with van der Waals surface area (Å²) in [5.41, 5.74) is 0. The lowest BCUT2D eigenvalue weighted by Gasteiger charge is -2.17. The number of halogens is 1. The first kappa shape index (κ1) is 16.7. The van der Waals surface area contributed by atoms with Crippen molar-refractivity contribution in [2.24, 2.45) is 0 Å². The third-order valence-electron chi connectivity index (χ3n) is 3.04. The predicted octanol–water partition coefficient (Wildman–Crippen LogP) is 3.97. The first-order valence-corrected chi connectivity index (χ1v) is 8.31. The Bertz CT molecular complexity index is 589. The minimum absolute atomic E-state index is 0.0913. The van der Waals surface area contributed by atoms with Gasteiger partial charge in [-0.2, -0.15) is 0 Å². The van der Waals surface area contributed by atoms with Crippen molar-refractivity contribution in [1.82, 2.24) is 4.90 Å². The number of carbonyl (C=O) groups is 1. The largest absolute Gasteiger partial charge is 0.492 e. The Labute approximate surface area is 140 Å². The van der Waals surface area contributed by atoms with E-state index in [1.54, 1.807) is 35.8 Å². The Balaban J connectivity index is 1.69. The maximum atomic E-state index is 12.0. The molecule has 2 aromatic rings. The summed E-state index contributed by atoms with van der Waals surface area (Å²) in [6, 6.07) is 17.1. The fourth-order valence-electron chi connectivity index (χ4n) is 1.73. The number of nitrogens with zero attached hydrogens (tertiary/aromatic N) is 1. The molecule has 0 aliphatic carbocycles. The van der Waals surface area contributed by atoms with Crippen molar-refractivity contribution in [2.45, 2.75) is 4.90 Å². The number of rotatable bonds is 7. The fraction of sp³-hybridized carbons (Fsp3) is 0.235. The molecule has 0 unspecified atom stereocenters. The SMILES string of the molecule is CN(CCOc1ccc(Cl)cc1)C(=O)CSc1ccccc1. The molecule has 116 valence electrons. The van der Waals surface area contributed by atoms with Crippen LogP contribution in [0, 0.1) is 0 Å². The molecule has 0 saturated heterocycles. The molecular weight excluding hydrogens is 318 g/mol. The first-order chi connectivity index (χ1) is 10.6. The van der Waals surface area contributed by atoms with Crippen LogP contribution in [0.15, 0.2) is 59.5 Å². The van der Waals surface area contributed by atoms with Gasteiger partial charge in [0.15, 0.2) is 0 Å². The average molecular weight is 336 g/mol. The van der Waals surface area contributed by atoms with Gasteiger partial charge in [0.2, 0.25) is 5.91 Å². The van der Waals surface area contributed by atoms with E-state index in [-0.39, 0.29) is 5.91 Å². The van der Waals surface area contributed by atoms with Crippen LogP contribution >= 0.6 is 23.4 Å². The number of carbonyl (C=O) groups excluding carboxylic acids is 1. The summed E-state index contributed by atoms with van der Waals surface area (Å²) in [6.07, 6.45) is 0. The minimum Gasteiger partial charge on any atom is -0.492 e. The van der Waals surface area contributed by atoms with E-state index in [0.717, 1.165) is 10.6 Å². The molecule has 2 aromatic carbocycles. The first-order valence-electron chi connectivity index (χ1n) is 6.95. The van der Waals surface area contributed by atoms with Gasteiger partial charge >= 0.3 is 0 Å². The van der Waals surface area contributed by atoms with Crippen molar-refractivity contribution in [1.29, 1.82) is 0 Å². The van der Waals surface area contributed by atoms with Gasteiger partial charge in [-0.25, -0.2) is 0 Å². The highest BCUT2D eigenvalue weighted by Gasteiger charge is 2.09. The van der Waals surface area contributed by atoms with Crippen molar-refractivity contribution in [3.8, 4) is 5.75 Å². The number of ether oxygens (including phenoxy) is 1. The molecule has 0 aliphatic heterocycles. The lowest BCUT2D eigenvalue weighted by atomic mass is 10.3. The Morgan fingerprint density at radius 1 is 1.14 bits per heavy atom. The number of likely N-dealkylation sites (N-methyl/N-ethyl adjacent to an activating group) is 1. The van der Waals surface area contributed by atoms with Crippen LogP contribution in [-0.2, 0) is 4.79 Å². The molecule has 0 aliphatic rings. The van der Waals surface area contributed by atoms with Crippen molar-refractivity contribution in [2.75, 3.05) is 26.0 Å². The summed E-state index contributed by atoms with van der Waals surface area (Å²) in [4.78, 5) is 14.8. The molecule has 5 heteroatoms. The summed E-state index contributed by atoms with van der Waals surface area (Å²) in [7, 11) is 1.79. The summed E-state index contributed by atoms with van der Waals surface area (Å²) >= 11 is 7.35. The van der Waals surface area contributed by atoms with Gasteiger partial charge in [0.05, 0.1) is 12.3 Å². The third kappa shape index (κ3) is 5.62. The van der Waals surface area contributed by atoms with Gasteiger partial charge in [-0.15, -0.1) is 11.8 Å². The van der Waals surface area contributed by atoms with E-state index in [0.29, 0.717) is 23.9 Å². The number of thioether (sulfide) groups is 1. The van der Waals surface area contributed by atoms with Crippen molar-refractivity contribution in [3.05, 3.63) is 59.6 Å². The molecule has 0 fully saturated rings. The van der Waals surface area contributed by atoms with Gasteiger partial charge in [0.25, 0.3) is 0 Å². The third-order valence-corrected chi connectivity index (χ3v) is 4.29. The van der Waals surface area contributed by atoms with Gasteiger partial charge in [-0.3, -0.25) is 4.79 Å². The summed E-state index contributed by atoms with van der Waals surface area (Å²) in [6.45, 7) is 1.01. The molecular formula is C17H18ClNO2S. The van der Waals surface area contributed by atoms with E-state index in [9.17, 15) is 4.79 Å². The summed E-state index contributed by atoms with van der Waals surface area (Å²) in [5.74, 6) is 1.28. The highest BCUT2D eigenvalue weighted by Crippen LogP contribution is 2.17. The van der Waals surface area contributed by atoms with E-state index in [4.69, 9.17) is 16.3 Å². The monoisotopic (exact) mass is 335 g/mol. The second-order valence-electron chi connectivity index (χ2n) is 4.72. The van der Waals surface area contributed by atoms with E-state index >= 15 is 0 Å². The highest BCUT2D eigenvalue weighted by atomic mass is 35.5. The molecule has 22 heavy (non-hydrogen) atoms. The van der Waals surface area contributed by atoms with Crippen LogP contribution in [0.25, 0.3) is 0 Å². The minimum atomic E-state index is 0.0913. The number of amides is 1. The van der Waals surface area contributed by atoms with Crippen molar-refractivity contribution in [3.63, 3.8) is 0 Å². The van der Waals surface area contributed by atoms with E-state index in [2.05, 4.69) is 0 Å². The van der Waals surface area contributed by atoms with E-state index < -0.39 is 0 Å². The molecule has 0 saturated carbocycles. The van der Waals surface area contributed by atoms with E-state index in [1.165, 1.54) is 0 Å². The Morgan fingerprint density at radius 2 is 1.82 bits per heavy atom. The maximum Gasteiger partial charge on any atom is 0.232 e. The molecule has 0 radical (unpaired) electrons. The van der Waals surface area contributed by atoms with Crippen molar-refractivity contribution >= 4 is 29.3 Å². The van der Waals surface area contributed by atoms with Gasteiger partial charge < -0.3 is 9.64 Å². The average Bonchev–Trinajstić information content (AvgIpc) is 2.55. The van der Waals surface area contributed by atoms with Crippen LogP contribution in [-0.4, -0.2) is 36.8 Å². The normalized spacial score (nSPS) is 10.3. The van der Waals surface area contributed by atoms with Gasteiger partial charge in [0, 0.05) is 17.0 Å². The van der Waals surface area contributed by atoms with Crippen LogP contribution in [0.1, 0.15) is 0 Å². The molecule has 0 atom stereocenters. The Morgan fingerprint density at radius 3 is 2.50 bits per heavy atom. The second kappa shape index (κ2) is 8.71. The van der Waals surface area contributed by atoms with Crippen LogP contribution in [0.4, 0.5) is 0 Å².